The third kappa shape index (κ3) is 2.50. The fraction of sp³-hybridized carbons (Fsp3) is 0.533. The number of hydrogen-bond acceptors (Lipinski definition) is 2. The Morgan fingerprint density at radius 1 is 1.44 bits per heavy atom. The average Bonchev–Trinajstić information content (AvgIpc) is 3.20. The van der Waals surface area contributed by atoms with Crippen molar-refractivity contribution in [3.05, 3.63) is 29.3 Å². The lowest BCUT2D eigenvalue weighted by Crippen LogP contribution is -2.36. The van der Waals surface area contributed by atoms with Crippen molar-refractivity contribution in [3.63, 3.8) is 0 Å². The van der Waals surface area contributed by atoms with Crippen LogP contribution in [0.3, 0.4) is 0 Å². The fourth-order valence-corrected chi connectivity index (χ4v) is 2.32. The minimum atomic E-state index is 0.110. The molecular formula is C15H22N2O. The van der Waals surface area contributed by atoms with Gasteiger partial charge in [-0.3, -0.25) is 4.79 Å². The van der Waals surface area contributed by atoms with Gasteiger partial charge in [0.05, 0.1) is 5.56 Å². The predicted molar refractivity (Wildman–Crippen MR) is 75.0 cm³/mol. The second-order valence-corrected chi connectivity index (χ2v) is 5.29. The summed E-state index contributed by atoms with van der Waals surface area (Å²) in [6.45, 7) is 4.18. The summed E-state index contributed by atoms with van der Waals surface area (Å²) in [5, 5.41) is 3.11. The van der Waals surface area contributed by atoms with Gasteiger partial charge in [-0.25, -0.2) is 0 Å². The molecule has 0 spiro atoms. The number of carbonyl (C=O) groups is 1. The van der Waals surface area contributed by atoms with Gasteiger partial charge in [0.1, 0.15) is 0 Å². The number of aryl methyl sites for hydroxylation is 1. The van der Waals surface area contributed by atoms with Crippen LogP contribution in [0.2, 0.25) is 0 Å². The highest BCUT2D eigenvalue weighted by atomic mass is 16.2. The summed E-state index contributed by atoms with van der Waals surface area (Å²) >= 11 is 0. The Morgan fingerprint density at radius 2 is 2.11 bits per heavy atom. The van der Waals surface area contributed by atoms with E-state index in [9.17, 15) is 4.79 Å². The van der Waals surface area contributed by atoms with Crippen molar-refractivity contribution in [1.29, 1.82) is 0 Å². The van der Waals surface area contributed by atoms with E-state index in [1.54, 1.807) is 0 Å². The first-order chi connectivity index (χ1) is 8.54. The summed E-state index contributed by atoms with van der Waals surface area (Å²) < 4.78 is 0. The Hall–Kier alpha value is -1.51. The Balaban J connectivity index is 2.21. The Kier molecular flexibility index (Phi) is 3.60. The van der Waals surface area contributed by atoms with Crippen LogP contribution < -0.4 is 5.32 Å². The van der Waals surface area contributed by atoms with Crippen LogP contribution in [-0.2, 0) is 0 Å². The molecule has 0 heterocycles. The second-order valence-electron chi connectivity index (χ2n) is 5.29. The molecule has 0 aromatic heterocycles. The van der Waals surface area contributed by atoms with E-state index in [1.807, 2.05) is 44.1 Å². The van der Waals surface area contributed by atoms with Gasteiger partial charge < -0.3 is 10.2 Å². The van der Waals surface area contributed by atoms with Gasteiger partial charge in [0.2, 0.25) is 0 Å². The number of nitrogens with one attached hydrogen (secondary N) is 1. The minimum absolute atomic E-state index is 0.110. The van der Waals surface area contributed by atoms with Crippen LogP contribution in [0.15, 0.2) is 18.2 Å². The molecule has 18 heavy (non-hydrogen) atoms. The standard InChI is InChI=1S/C15H22N2O/c1-10-5-8-13(14(9-10)16-3)15(18)17(4)11(2)12-6-7-12/h5,8-9,11-12,16H,6-7H2,1-4H3. The molecule has 1 aromatic rings. The molecule has 1 saturated carbocycles. The van der Waals surface area contributed by atoms with Crippen LogP contribution in [0, 0.1) is 12.8 Å². The maximum Gasteiger partial charge on any atom is 0.255 e. The third-order valence-corrected chi connectivity index (χ3v) is 3.91. The van der Waals surface area contributed by atoms with Crippen LogP contribution in [-0.4, -0.2) is 30.9 Å². The maximum absolute atomic E-state index is 12.5. The van der Waals surface area contributed by atoms with Crippen molar-refractivity contribution in [1.82, 2.24) is 4.90 Å². The zero-order chi connectivity index (χ0) is 13.3. The monoisotopic (exact) mass is 246 g/mol. The van der Waals surface area contributed by atoms with Crippen LogP contribution in [0.25, 0.3) is 0 Å². The van der Waals surface area contributed by atoms with Crippen LogP contribution >= 0.6 is 0 Å². The van der Waals surface area contributed by atoms with Gasteiger partial charge in [-0.1, -0.05) is 6.07 Å². The van der Waals surface area contributed by atoms with E-state index >= 15 is 0 Å². The van der Waals surface area contributed by atoms with E-state index in [0.29, 0.717) is 12.0 Å². The number of anilines is 1. The average molecular weight is 246 g/mol. The van der Waals surface area contributed by atoms with Crippen molar-refractivity contribution < 1.29 is 4.79 Å². The molecule has 2 rings (SSSR count). The summed E-state index contributed by atoms with van der Waals surface area (Å²) in [6, 6.07) is 6.26. The summed E-state index contributed by atoms with van der Waals surface area (Å²) in [6.07, 6.45) is 2.51. The molecule has 98 valence electrons. The summed E-state index contributed by atoms with van der Waals surface area (Å²) in [7, 11) is 3.76. The zero-order valence-corrected chi connectivity index (χ0v) is 11.7. The maximum atomic E-state index is 12.5. The van der Waals surface area contributed by atoms with Crippen molar-refractivity contribution >= 4 is 11.6 Å². The van der Waals surface area contributed by atoms with E-state index in [4.69, 9.17) is 0 Å². The molecule has 1 aliphatic carbocycles. The lowest BCUT2D eigenvalue weighted by molar-refractivity contribution is 0.0728. The fourth-order valence-electron chi connectivity index (χ4n) is 2.32. The highest BCUT2D eigenvalue weighted by molar-refractivity contribution is 5.99. The SMILES string of the molecule is CNc1cc(C)ccc1C(=O)N(C)C(C)C1CC1. The predicted octanol–water partition coefficient (Wildman–Crippen LogP) is 2.91. The topological polar surface area (TPSA) is 32.3 Å². The highest BCUT2D eigenvalue weighted by Crippen LogP contribution is 2.35. The number of amides is 1. The lowest BCUT2D eigenvalue weighted by atomic mass is 10.1. The van der Waals surface area contributed by atoms with Crippen LogP contribution in [0.4, 0.5) is 5.69 Å². The molecule has 1 unspecified atom stereocenters. The number of carbonyl (C=O) groups excluding carboxylic acids is 1. The first-order valence-corrected chi connectivity index (χ1v) is 6.60. The van der Waals surface area contributed by atoms with Crippen LogP contribution in [0.5, 0.6) is 0 Å². The Morgan fingerprint density at radius 3 is 2.67 bits per heavy atom. The molecule has 0 bridgehead atoms. The molecule has 1 N–H and O–H groups in total. The third-order valence-electron chi connectivity index (χ3n) is 3.91. The quantitative estimate of drug-likeness (QED) is 0.886. The highest BCUT2D eigenvalue weighted by Gasteiger charge is 2.33. The van der Waals surface area contributed by atoms with Gasteiger partial charge in [0, 0.05) is 25.8 Å². The van der Waals surface area contributed by atoms with Gasteiger partial charge >= 0.3 is 0 Å². The van der Waals surface area contributed by atoms with Crippen LogP contribution in [0.1, 0.15) is 35.7 Å². The number of benzene rings is 1. The van der Waals surface area contributed by atoms with E-state index < -0.39 is 0 Å². The molecule has 1 aliphatic rings. The van der Waals surface area contributed by atoms with E-state index in [-0.39, 0.29) is 5.91 Å². The summed E-state index contributed by atoms with van der Waals surface area (Å²) in [5.41, 5.74) is 2.83. The summed E-state index contributed by atoms with van der Waals surface area (Å²) in [5.74, 6) is 0.807. The molecule has 0 radical (unpaired) electrons. The van der Waals surface area contributed by atoms with Crippen molar-refractivity contribution in [2.75, 3.05) is 19.4 Å². The molecule has 0 aliphatic heterocycles. The first-order valence-electron chi connectivity index (χ1n) is 6.60. The zero-order valence-electron chi connectivity index (χ0n) is 11.7. The first kappa shape index (κ1) is 12.9. The Labute approximate surface area is 109 Å². The molecule has 0 saturated heterocycles. The van der Waals surface area contributed by atoms with Gasteiger partial charge in [-0.05, 0) is 50.3 Å². The molecule has 3 heteroatoms. The summed E-state index contributed by atoms with van der Waals surface area (Å²) in [4.78, 5) is 14.4. The largest absolute Gasteiger partial charge is 0.387 e. The van der Waals surface area contributed by atoms with Gasteiger partial charge in [-0.15, -0.1) is 0 Å². The molecule has 1 aromatic carbocycles. The molecular weight excluding hydrogens is 224 g/mol. The Bertz CT molecular complexity index is 452. The van der Waals surface area contributed by atoms with E-state index in [0.717, 1.165) is 16.8 Å². The van der Waals surface area contributed by atoms with E-state index in [1.165, 1.54) is 12.8 Å². The van der Waals surface area contributed by atoms with Crippen molar-refractivity contribution in [2.45, 2.75) is 32.7 Å². The second kappa shape index (κ2) is 5.01. The molecule has 3 nitrogen and oxygen atoms in total. The number of hydrogen-bond donors (Lipinski definition) is 1. The molecule has 1 amide bonds. The van der Waals surface area contributed by atoms with Crippen molar-refractivity contribution in [3.8, 4) is 0 Å². The van der Waals surface area contributed by atoms with E-state index in [2.05, 4.69) is 12.2 Å². The van der Waals surface area contributed by atoms with Gasteiger partial charge in [-0.2, -0.15) is 0 Å². The normalized spacial score (nSPS) is 16.2. The van der Waals surface area contributed by atoms with Gasteiger partial charge in [0.25, 0.3) is 5.91 Å². The lowest BCUT2D eigenvalue weighted by Gasteiger charge is -2.26. The molecule has 1 atom stereocenters. The smallest absolute Gasteiger partial charge is 0.255 e. The minimum Gasteiger partial charge on any atom is -0.387 e. The van der Waals surface area contributed by atoms with Gasteiger partial charge in [0.15, 0.2) is 0 Å². The number of rotatable bonds is 4. The molecule has 1 fully saturated rings. The van der Waals surface area contributed by atoms with Crippen molar-refractivity contribution in [2.24, 2.45) is 5.92 Å². The number of nitrogens with zero attached hydrogens (tertiary/aromatic N) is 1.